The Bertz CT molecular complexity index is 1220. The molecule has 7 heteroatoms. The molecule has 1 aromatic heterocycles. The fourth-order valence-electron chi connectivity index (χ4n) is 5.10. The largest absolute Gasteiger partial charge is 0.371 e. The Hall–Kier alpha value is -3.00. The second kappa shape index (κ2) is 9.70. The first-order chi connectivity index (χ1) is 16.5. The lowest BCUT2D eigenvalue weighted by atomic mass is 9.79. The second-order valence-electron chi connectivity index (χ2n) is 9.26. The van der Waals surface area contributed by atoms with Crippen LogP contribution < -0.4 is 11.2 Å². The molecule has 1 aliphatic heterocycles. The molecule has 1 aliphatic carbocycles. The fraction of sp³-hybridized carbons (Fsp3) is 0.407. The van der Waals surface area contributed by atoms with Crippen molar-refractivity contribution >= 4 is 0 Å². The minimum atomic E-state index is -0.580. The molecule has 0 unspecified atom stereocenters. The van der Waals surface area contributed by atoms with Crippen LogP contribution in [0.25, 0.3) is 0 Å². The first-order valence-corrected chi connectivity index (χ1v) is 11.8. The Morgan fingerprint density at radius 2 is 1.71 bits per heavy atom. The average molecular weight is 463 g/mol. The van der Waals surface area contributed by atoms with Gasteiger partial charge in [0.15, 0.2) is 0 Å². The van der Waals surface area contributed by atoms with E-state index in [9.17, 15) is 9.59 Å². The van der Waals surface area contributed by atoms with Gasteiger partial charge in [0.2, 0.25) is 0 Å². The molecule has 0 bridgehead atoms. The van der Waals surface area contributed by atoms with E-state index >= 15 is 0 Å². The summed E-state index contributed by atoms with van der Waals surface area (Å²) in [5, 5.41) is 0. The van der Waals surface area contributed by atoms with Crippen molar-refractivity contribution in [3.8, 4) is 0 Å². The van der Waals surface area contributed by atoms with E-state index in [1.54, 1.807) is 13.1 Å². The van der Waals surface area contributed by atoms with Gasteiger partial charge in [0, 0.05) is 18.2 Å². The number of aryl methyl sites for hydroxylation is 1. The Morgan fingerprint density at radius 1 is 1.03 bits per heavy atom. The van der Waals surface area contributed by atoms with Gasteiger partial charge in [-0.1, -0.05) is 60.7 Å². The van der Waals surface area contributed by atoms with Crippen molar-refractivity contribution in [1.82, 2.24) is 9.55 Å². The third-order valence-electron chi connectivity index (χ3n) is 6.90. The standard InChI is InChI=1S/C27H30N2O5/c1-19-16-29(26(31)28-25(19)30)23-15-27(33-18-21-11-6-3-7-12-21)14-8-13-22(24(27)34-23)32-17-20-9-4-2-5-10-20/h2-7,9-12,16,22-24H,8,13-15,17-18H2,1H3,(H,28,30,31)/t22-,23-,24-,27+/m1/s1. The van der Waals surface area contributed by atoms with Crippen molar-refractivity contribution < 1.29 is 14.2 Å². The molecule has 0 spiro atoms. The number of hydrogen-bond donors (Lipinski definition) is 1. The van der Waals surface area contributed by atoms with Gasteiger partial charge in [-0.05, 0) is 37.3 Å². The van der Waals surface area contributed by atoms with E-state index < -0.39 is 17.5 Å². The van der Waals surface area contributed by atoms with Crippen molar-refractivity contribution in [2.75, 3.05) is 0 Å². The summed E-state index contributed by atoms with van der Waals surface area (Å²) < 4.78 is 21.0. The number of fused-ring (bicyclic) bond motifs is 1. The van der Waals surface area contributed by atoms with Crippen LogP contribution in [0.5, 0.6) is 0 Å². The lowest BCUT2D eigenvalue weighted by Crippen LogP contribution is -2.51. The van der Waals surface area contributed by atoms with E-state index in [1.807, 2.05) is 60.7 Å². The van der Waals surface area contributed by atoms with Gasteiger partial charge in [0.1, 0.15) is 17.9 Å². The molecule has 7 nitrogen and oxygen atoms in total. The maximum absolute atomic E-state index is 12.6. The van der Waals surface area contributed by atoms with Gasteiger partial charge < -0.3 is 14.2 Å². The van der Waals surface area contributed by atoms with Crippen LogP contribution in [-0.4, -0.2) is 27.4 Å². The molecule has 1 saturated heterocycles. The van der Waals surface area contributed by atoms with Crippen LogP contribution in [-0.2, 0) is 27.4 Å². The quantitative estimate of drug-likeness (QED) is 0.577. The van der Waals surface area contributed by atoms with Gasteiger partial charge in [-0.2, -0.15) is 0 Å². The maximum atomic E-state index is 12.6. The molecule has 0 amide bonds. The molecule has 34 heavy (non-hydrogen) atoms. The Kier molecular flexibility index (Phi) is 6.50. The monoisotopic (exact) mass is 462 g/mol. The van der Waals surface area contributed by atoms with Crippen molar-refractivity contribution in [2.24, 2.45) is 0 Å². The van der Waals surface area contributed by atoms with Gasteiger partial charge in [0.05, 0.1) is 19.3 Å². The van der Waals surface area contributed by atoms with Crippen LogP contribution in [0.2, 0.25) is 0 Å². The molecular formula is C27H30N2O5. The van der Waals surface area contributed by atoms with E-state index in [2.05, 4.69) is 4.98 Å². The van der Waals surface area contributed by atoms with E-state index in [4.69, 9.17) is 14.2 Å². The van der Waals surface area contributed by atoms with E-state index in [0.29, 0.717) is 25.2 Å². The normalized spacial score (nSPS) is 26.3. The Balaban J connectivity index is 1.42. The van der Waals surface area contributed by atoms with E-state index in [-0.39, 0.29) is 17.8 Å². The molecule has 5 rings (SSSR count). The summed E-state index contributed by atoms with van der Waals surface area (Å²) in [5.41, 5.74) is 1.22. The minimum Gasteiger partial charge on any atom is -0.371 e. The number of aromatic amines is 1. The molecule has 2 aromatic carbocycles. The molecule has 3 aromatic rings. The van der Waals surface area contributed by atoms with Crippen LogP contribution >= 0.6 is 0 Å². The molecule has 2 fully saturated rings. The first-order valence-electron chi connectivity index (χ1n) is 11.8. The van der Waals surface area contributed by atoms with Crippen molar-refractivity contribution in [3.63, 3.8) is 0 Å². The first kappa shape index (κ1) is 22.8. The third kappa shape index (κ3) is 4.64. The van der Waals surface area contributed by atoms with Crippen LogP contribution in [0.15, 0.2) is 76.4 Å². The van der Waals surface area contributed by atoms with Gasteiger partial charge in [-0.25, -0.2) is 4.79 Å². The number of aromatic nitrogens is 2. The van der Waals surface area contributed by atoms with Gasteiger partial charge in [-0.15, -0.1) is 0 Å². The molecule has 2 aliphatic rings. The fourth-order valence-corrected chi connectivity index (χ4v) is 5.10. The number of ether oxygens (including phenoxy) is 3. The highest BCUT2D eigenvalue weighted by Gasteiger charge is 2.55. The number of nitrogens with zero attached hydrogens (tertiary/aromatic N) is 1. The Morgan fingerprint density at radius 3 is 2.41 bits per heavy atom. The summed E-state index contributed by atoms with van der Waals surface area (Å²) in [7, 11) is 0. The molecule has 0 radical (unpaired) electrons. The molecule has 1 N–H and O–H groups in total. The summed E-state index contributed by atoms with van der Waals surface area (Å²) in [5.74, 6) is 0. The number of H-pyrrole nitrogens is 1. The maximum Gasteiger partial charge on any atom is 0.330 e. The molecular weight excluding hydrogens is 432 g/mol. The second-order valence-corrected chi connectivity index (χ2v) is 9.26. The van der Waals surface area contributed by atoms with Crippen LogP contribution in [0.1, 0.15) is 48.6 Å². The van der Waals surface area contributed by atoms with Gasteiger partial charge in [0.25, 0.3) is 5.56 Å². The summed E-state index contributed by atoms with van der Waals surface area (Å²) in [6.07, 6.45) is 3.70. The summed E-state index contributed by atoms with van der Waals surface area (Å²) in [4.78, 5) is 26.9. The summed E-state index contributed by atoms with van der Waals surface area (Å²) >= 11 is 0. The predicted molar refractivity (Wildman–Crippen MR) is 127 cm³/mol. The predicted octanol–water partition coefficient (Wildman–Crippen LogP) is 3.86. The SMILES string of the molecule is Cc1cn([C@H]2C[C@@]3(OCc4ccccc4)CCC[C@@H](OCc4ccccc4)[C@H]3O2)c(=O)[nH]c1=O. The topological polar surface area (TPSA) is 82.6 Å². The molecule has 2 heterocycles. The van der Waals surface area contributed by atoms with Crippen LogP contribution in [0, 0.1) is 6.92 Å². The third-order valence-corrected chi connectivity index (χ3v) is 6.90. The number of benzene rings is 2. The van der Waals surface area contributed by atoms with Crippen molar-refractivity contribution in [3.05, 3.63) is 104 Å². The van der Waals surface area contributed by atoms with Crippen molar-refractivity contribution in [1.29, 1.82) is 0 Å². The lowest BCUT2D eigenvalue weighted by molar-refractivity contribution is -0.183. The smallest absolute Gasteiger partial charge is 0.330 e. The molecule has 1 saturated carbocycles. The number of hydrogen-bond acceptors (Lipinski definition) is 5. The zero-order valence-electron chi connectivity index (χ0n) is 19.3. The Labute approximate surface area is 198 Å². The summed E-state index contributed by atoms with van der Waals surface area (Å²) in [6.45, 7) is 2.63. The highest BCUT2D eigenvalue weighted by molar-refractivity contribution is 5.15. The van der Waals surface area contributed by atoms with E-state index in [1.165, 1.54) is 4.57 Å². The minimum absolute atomic E-state index is 0.158. The van der Waals surface area contributed by atoms with E-state index in [0.717, 1.165) is 30.4 Å². The van der Waals surface area contributed by atoms with Crippen LogP contribution in [0.3, 0.4) is 0 Å². The van der Waals surface area contributed by atoms with Gasteiger partial charge in [-0.3, -0.25) is 14.3 Å². The average Bonchev–Trinajstić information content (AvgIpc) is 3.25. The highest BCUT2D eigenvalue weighted by Crippen LogP contribution is 2.48. The zero-order valence-corrected chi connectivity index (χ0v) is 19.3. The number of nitrogens with one attached hydrogen (secondary N) is 1. The molecule has 4 atom stereocenters. The lowest BCUT2D eigenvalue weighted by Gasteiger charge is -2.42. The zero-order chi connectivity index (χ0) is 23.5. The number of rotatable bonds is 7. The van der Waals surface area contributed by atoms with Crippen molar-refractivity contribution in [2.45, 2.75) is 69.9 Å². The van der Waals surface area contributed by atoms with Gasteiger partial charge >= 0.3 is 5.69 Å². The summed E-state index contributed by atoms with van der Waals surface area (Å²) in [6, 6.07) is 20.1. The van der Waals surface area contributed by atoms with Crippen LogP contribution in [0.4, 0.5) is 0 Å². The molecule has 178 valence electrons. The highest BCUT2D eigenvalue weighted by atomic mass is 16.6.